The average molecular weight is 270 g/mol. The molecule has 1 amide bonds. The van der Waals surface area contributed by atoms with Gasteiger partial charge in [0.25, 0.3) is 5.91 Å². The zero-order valence-electron chi connectivity index (χ0n) is 11.5. The van der Waals surface area contributed by atoms with Gasteiger partial charge in [-0.05, 0) is 31.8 Å². The van der Waals surface area contributed by atoms with Crippen molar-refractivity contribution in [3.63, 3.8) is 0 Å². The highest BCUT2D eigenvalue weighted by Gasteiger charge is 2.19. The lowest BCUT2D eigenvalue weighted by atomic mass is 10.2. The molecular weight excluding hydrogens is 248 g/mol. The van der Waals surface area contributed by atoms with Gasteiger partial charge in [0.15, 0.2) is 0 Å². The summed E-state index contributed by atoms with van der Waals surface area (Å²) in [6.07, 6.45) is 0.959. The van der Waals surface area contributed by atoms with E-state index >= 15 is 0 Å². The molecule has 1 heterocycles. The Hall–Kier alpha value is -1.17. The third-order valence-electron chi connectivity index (χ3n) is 2.76. The number of hydrogen-bond acceptors (Lipinski definition) is 4. The molecule has 0 aliphatic heterocycles. The number of aryl methyl sites for hydroxylation is 2. The molecule has 0 aliphatic carbocycles. The van der Waals surface area contributed by atoms with Crippen molar-refractivity contribution in [1.29, 1.82) is 0 Å². The summed E-state index contributed by atoms with van der Waals surface area (Å²) in [7, 11) is 1.73. The van der Waals surface area contributed by atoms with Gasteiger partial charge in [-0.25, -0.2) is 0 Å². The van der Waals surface area contributed by atoms with E-state index < -0.39 is 0 Å². The highest BCUT2D eigenvalue weighted by molar-refractivity contribution is 7.99. The monoisotopic (exact) mass is 270 g/mol. The molecular formula is C12H22N4OS. The molecule has 3 N–H and O–H groups in total. The maximum atomic E-state index is 12.1. The van der Waals surface area contributed by atoms with E-state index in [-0.39, 0.29) is 11.9 Å². The number of aromatic nitrogens is 2. The Morgan fingerprint density at radius 1 is 1.61 bits per heavy atom. The number of anilines is 1. The number of amides is 1. The first-order valence-corrected chi connectivity index (χ1v) is 7.30. The fourth-order valence-electron chi connectivity index (χ4n) is 1.71. The van der Waals surface area contributed by atoms with Gasteiger partial charge in [0.2, 0.25) is 0 Å². The summed E-state index contributed by atoms with van der Waals surface area (Å²) < 4.78 is 1.54. The first-order chi connectivity index (χ1) is 8.47. The lowest BCUT2D eigenvalue weighted by Gasteiger charge is -2.13. The normalized spacial score (nSPS) is 12.4. The number of carbonyl (C=O) groups is 1. The second-order valence-corrected chi connectivity index (χ2v) is 5.73. The number of hydrogen-bond donors (Lipinski definition) is 2. The standard InChI is InChI=1S/C12H22N4OS/c1-5-18-7-6-8(2)14-12(17)11-10(13)9(3)15-16(11)4/h8H,5-7,13H2,1-4H3,(H,14,17). The van der Waals surface area contributed by atoms with Crippen molar-refractivity contribution in [2.75, 3.05) is 17.2 Å². The van der Waals surface area contributed by atoms with Crippen molar-refractivity contribution in [1.82, 2.24) is 15.1 Å². The summed E-state index contributed by atoms with van der Waals surface area (Å²) in [4.78, 5) is 12.1. The number of nitrogens with two attached hydrogens (primary N) is 1. The molecule has 0 aromatic carbocycles. The van der Waals surface area contributed by atoms with Gasteiger partial charge in [0.05, 0.1) is 11.4 Å². The topological polar surface area (TPSA) is 72.9 Å². The van der Waals surface area contributed by atoms with Crippen LogP contribution in [-0.4, -0.2) is 33.2 Å². The number of nitrogens with zero attached hydrogens (tertiary/aromatic N) is 2. The first kappa shape index (κ1) is 14.9. The van der Waals surface area contributed by atoms with Crippen molar-refractivity contribution in [3.8, 4) is 0 Å². The van der Waals surface area contributed by atoms with Crippen LogP contribution in [0.1, 0.15) is 36.5 Å². The molecule has 0 radical (unpaired) electrons. The van der Waals surface area contributed by atoms with Gasteiger partial charge in [0, 0.05) is 13.1 Å². The van der Waals surface area contributed by atoms with Crippen molar-refractivity contribution in [3.05, 3.63) is 11.4 Å². The summed E-state index contributed by atoms with van der Waals surface area (Å²) in [6.45, 7) is 5.94. The van der Waals surface area contributed by atoms with Crippen molar-refractivity contribution >= 4 is 23.4 Å². The minimum absolute atomic E-state index is 0.145. The quantitative estimate of drug-likeness (QED) is 0.770. The van der Waals surface area contributed by atoms with E-state index in [1.807, 2.05) is 18.7 Å². The van der Waals surface area contributed by atoms with Crippen LogP contribution in [0, 0.1) is 6.92 Å². The highest BCUT2D eigenvalue weighted by atomic mass is 32.2. The Labute approximate surface area is 112 Å². The lowest BCUT2D eigenvalue weighted by Crippen LogP contribution is -2.34. The molecule has 0 fully saturated rings. The van der Waals surface area contributed by atoms with Crippen LogP contribution in [0.3, 0.4) is 0 Å². The zero-order chi connectivity index (χ0) is 13.7. The molecule has 0 spiro atoms. The minimum Gasteiger partial charge on any atom is -0.395 e. The van der Waals surface area contributed by atoms with Gasteiger partial charge >= 0.3 is 0 Å². The molecule has 0 bridgehead atoms. The van der Waals surface area contributed by atoms with E-state index in [1.165, 1.54) is 4.68 Å². The number of nitrogen functional groups attached to an aromatic ring is 1. The van der Waals surface area contributed by atoms with Gasteiger partial charge in [0.1, 0.15) is 5.69 Å². The smallest absolute Gasteiger partial charge is 0.271 e. The van der Waals surface area contributed by atoms with Crippen LogP contribution in [0.15, 0.2) is 0 Å². The van der Waals surface area contributed by atoms with Crippen molar-refractivity contribution < 1.29 is 4.79 Å². The molecule has 1 aromatic heterocycles. The van der Waals surface area contributed by atoms with Crippen molar-refractivity contribution in [2.45, 2.75) is 33.2 Å². The highest BCUT2D eigenvalue weighted by Crippen LogP contribution is 2.15. The van der Waals surface area contributed by atoms with Gasteiger partial charge in [-0.2, -0.15) is 16.9 Å². The molecule has 0 saturated heterocycles. The Balaban J connectivity index is 2.59. The average Bonchev–Trinajstić information content (AvgIpc) is 2.53. The molecule has 1 atom stereocenters. The Morgan fingerprint density at radius 3 is 2.78 bits per heavy atom. The third-order valence-corrected chi connectivity index (χ3v) is 3.69. The maximum Gasteiger partial charge on any atom is 0.271 e. The predicted octanol–water partition coefficient (Wildman–Crippen LogP) is 1.57. The largest absolute Gasteiger partial charge is 0.395 e. The summed E-state index contributed by atoms with van der Waals surface area (Å²) in [5, 5.41) is 7.10. The molecule has 6 heteroatoms. The predicted molar refractivity (Wildman–Crippen MR) is 76.9 cm³/mol. The number of nitrogens with one attached hydrogen (secondary N) is 1. The van der Waals surface area contributed by atoms with Crippen LogP contribution in [0.4, 0.5) is 5.69 Å². The van der Waals surface area contributed by atoms with E-state index in [2.05, 4.69) is 17.3 Å². The molecule has 1 aromatic rings. The van der Waals surface area contributed by atoms with Gasteiger partial charge in [-0.1, -0.05) is 6.92 Å². The van der Waals surface area contributed by atoms with Gasteiger partial charge < -0.3 is 11.1 Å². The van der Waals surface area contributed by atoms with Gasteiger partial charge in [-0.3, -0.25) is 9.48 Å². The van der Waals surface area contributed by atoms with Crippen LogP contribution in [0.25, 0.3) is 0 Å². The fourth-order valence-corrected chi connectivity index (χ4v) is 2.52. The molecule has 1 unspecified atom stereocenters. The minimum atomic E-state index is -0.149. The molecule has 18 heavy (non-hydrogen) atoms. The van der Waals surface area contributed by atoms with Gasteiger partial charge in [-0.15, -0.1) is 0 Å². The Morgan fingerprint density at radius 2 is 2.28 bits per heavy atom. The number of rotatable bonds is 6. The SMILES string of the molecule is CCSCCC(C)NC(=O)c1c(N)c(C)nn1C. The zero-order valence-corrected chi connectivity index (χ0v) is 12.3. The summed E-state index contributed by atoms with van der Waals surface area (Å²) >= 11 is 1.88. The maximum absolute atomic E-state index is 12.1. The van der Waals surface area contributed by atoms with E-state index in [4.69, 9.17) is 5.73 Å². The Kier molecular flexibility index (Phi) is 5.53. The van der Waals surface area contributed by atoms with Crippen LogP contribution in [0.5, 0.6) is 0 Å². The van der Waals surface area contributed by atoms with Crippen LogP contribution in [-0.2, 0) is 7.05 Å². The molecule has 0 aliphatic rings. The lowest BCUT2D eigenvalue weighted by molar-refractivity contribution is 0.0931. The van der Waals surface area contributed by atoms with E-state index in [9.17, 15) is 4.79 Å². The number of thioether (sulfide) groups is 1. The van der Waals surface area contributed by atoms with Crippen LogP contribution in [0.2, 0.25) is 0 Å². The second-order valence-electron chi connectivity index (χ2n) is 4.33. The van der Waals surface area contributed by atoms with E-state index in [0.29, 0.717) is 17.1 Å². The molecule has 1 rings (SSSR count). The summed E-state index contributed by atoms with van der Waals surface area (Å²) in [5.74, 6) is 2.01. The Bertz CT molecular complexity index is 416. The third kappa shape index (κ3) is 3.66. The summed E-state index contributed by atoms with van der Waals surface area (Å²) in [5.41, 5.74) is 7.45. The second kappa shape index (κ2) is 6.68. The molecule has 102 valence electrons. The molecule has 5 nitrogen and oxygen atoms in total. The van der Waals surface area contributed by atoms with Crippen molar-refractivity contribution in [2.24, 2.45) is 7.05 Å². The fraction of sp³-hybridized carbons (Fsp3) is 0.667. The van der Waals surface area contributed by atoms with E-state index in [0.717, 1.165) is 17.9 Å². The summed E-state index contributed by atoms with van der Waals surface area (Å²) in [6, 6.07) is 0.145. The van der Waals surface area contributed by atoms with E-state index in [1.54, 1.807) is 14.0 Å². The van der Waals surface area contributed by atoms with Crippen LogP contribution >= 0.6 is 11.8 Å². The van der Waals surface area contributed by atoms with Crippen LogP contribution < -0.4 is 11.1 Å². The first-order valence-electron chi connectivity index (χ1n) is 6.15. The number of carbonyl (C=O) groups excluding carboxylic acids is 1. The molecule has 0 saturated carbocycles.